The fourth-order valence-corrected chi connectivity index (χ4v) is 3.22. The lowest BCUT2D eigenvalue weighted by Gasteiger charge is -2.29. The predicted octanol–water partition coefficient (Wildman–Crippen LogP) is 3.96. The quantitative estimate of drug-likeness (QED) is 0.797. The highest BCUT2D eigenvalue weighted by atomic mass is 15.0. The smallest absolute Gasteiger partial charge is 0.00684 e. The van der Waals surface area contributed by atoms with Crippen molar-refractivity contribution >= 4 is 0 Å². The van der Waals surface area contributed by atoms with Gasteiger partial charge in [-0.15, -0.1) is 0 Å². The zero-order valence-corrected chi connectivity index (χ0v) is 11.7. The average molecular weight is 243 g/mol. The maximum atomic E-state index is 3.74. The molecule has 0 aliphatic heterocycles. The standard InChI is InChI=1S/C17H25N/c1-3-17(2,12-18-14-9-10-14)16-11-15(16)13-7-5-4-6-8-13/h4-8,14-16,18H,3,9-12H2,1-2H3. The summed E-state index contributed by atoms with van der Waals surface area (Å²) < 4.78 is 0. The first-order valence-corrected chi connectivity index (χ1v) is 7.51. The van der Waals surface area contributed by atoms with Crippen molar-refractivity contribution in [3.05, 3.63) is 35.9 Å². The molecule has 3 atom stereocenters. The van der Waals surface area contributed by atoms with Crippen LogP contribution in [0.1, 0.15) is 51.0 Å². The van der Waals surface area contributed by atoms with Crippen LogP contribution in [0.2, 0.25) is 0 Å². The zero-order chi connectivity index (χ0) is 12.6. The van der Waals surface area contributed by atoms with Crippen LogP contribution in [0.3, 0.4) is 0 Å². The molecule has 3 unspecified atom stereocenters. The Kier molecular flexibility index (Phi) is 3.19. The van der Waals surface area contributed by atoms with Gasteiger partial charge in [0.1, 0.15) is 0 Å². The lowest BCUT2D eigenvalue weighted by atomic mass is 9.80. The molecule has 0 radical (unpaired) electrons. The van der Waals surface area contributed by atoms with Crippen molar-refractivity contribution < 1.29 is 0 Å². The minimum atomic E-state index is 0.489. The van der Waals surface area contributed by atoms with Gasteiger partial charge in [0.2, 0.25) is 0 Å². The van der Waals surface area contributed by atoms with Gasteiger partial charge in [-0.3, -0.25) is 0 Å². The molecule has 0 spiro atoms. The summed E-state index contributed by atoms with van der Waals surface area (Å²) in [6.07, 6.45) is 5.47. The van der Waals surface area contributed by atoms with Gasteiger partial charge in [0.15, 0.2) is 0 Å². The Morgan fingerprint density at radius 1 is 1.22 bits per heavy atom. The Labute approximate surface area is 111 Å². The molecule has 18 heavy (non-hydrogen) atoms. The first-order chi connectivity index (χ1) is 8.73. The topological polar surface area (TPSA) is 12.0 Å². The molecule has 1 heteroatoms. The second kappa shape index (κ2) is 4.70. The molecule has 2 aliphatic carbocycles. The van der Waals surface area contributed by atoms with Crippen LogP contribution in [0, 0.1) is 11.3 Å². The normalized spacial score (nSPS) is 29.9. The number of hydrogen-bond donors (Lipinski definition) is 1. The number of rotatable bonds is 6. The zero-order valence-electron chi connectivity index (χ0n) is 11.7. The molecule has 98 valence electrons. The molecule has 0 bridgehead atoms. The monoisotopic (exact) mass is 243 g/mol. The van der Waals surface area contributed by atoms with Crippen molar-refractivity contribution in [3.63, 3.8) is 0 Å². The van der Waals surface area contributed by atoms with Crippen LogP contribution in [-0.4, -0.2) is 12.6 Å². The van der Waals surface area contributed by atoms with E-state index in [1.165, 1.54) is 32.2 Å². The Balaban J connectivity index is 1.63. The van der Waals surface area contributed by atoms with Crippen molar-refractivity contribution in [1.29, 1.82) is 0 Å². The summed E-state index contributed by atoms with van der Waals surface area (Å²) in [5.41, 5.74) is 2.04. The molecule has 2 fully saturated rings. The maximum absolute atomic E-state index is 3.74. The highest BCUT2D eigenvalue weighted by Gasteiger charge is 2.49. The van der Waals surface area contributed by atoms with Gasteiger partial charge in [-0.1, -0.05) is 44.2 Å². The molecule has 2 aliphatic rings. The summed E-state index contributed by atoms with van der Waals surface area (Å²) in [7, 11) is 0. The van der Waals surface area contributed by atoms with E-state index in [0.717, 1.165) is 17.9 Å². The Bertz CT molecular complexity index is 395. The summed E-state index contributed by atoms with van der Waals surface area (Å²) in [5, 5.41) is 3.74. The van der Waals surface area contributed by atoms with Crippen LogP contribution < -0.4 is 5.32 Å². The summed E-state index contributed by atoms with van der Waals surface area (Å²) in [6.45, 7) is 6.05. The van der Waals surface area contributed by atoms with E-state index in [0.29, 0.717) is 5.41 Å². The number of nitrogens with one attached hydrogen (secondary N) is 1. The van der Waals surface area contributed by atoms with Gasteiger partial charge in [0.25, 0.3) is 0 Å². The molecule has 3 rings (SSSR count). The molecular formula is C17H25N. The van der Waals surface area contributed by atoms with Crippen molar-refractivity contribution in [2.24, 2.45) is 11.3 Å². The Hall–Kier alpha value is -0.820. The third-order valence-corrected chi connectivity index (χ3v) is 5.09. The molecule has 1 aromatic rings. The van der Waals surface area contributed by atoms with E-state index in [-0.39, 0.29) is 0 Å². The largest absolute Gasteiger partial charge is 0.313 e. The van der Waals surface area contributed by atoms with Crippen LogP contribution in [0.4, 0.5) is 0 Å². The molecule has 1 aromatic carbocycles. The second-order valence-electron chi connectivity index (χ2n) is 6.52. The number of benzene rings is 1. The van der Waals surface area contributed by atoms with Gasteiger partial charge in [0.05, 0.1) is 0 Å². The van der Waals surface area contributed by atoms with Crippen LogP contribution in [0.25, 0.3) is 0 Å². The summed E-state index contributed by atoms with van der Waals surface area (Å²) in [4.78, 5) is 0. The fraction of sp³-hybridized carbons (Fsp3) is 0.647. The molecule has 0 amide bonds. The summed E-state index contributed by atoms with van der Waals surface area (Å²) in [6, 6.07) is 11.9. The third kappa shape index (κ3) is 2.47. The average Bonchev–Trinajstić information content (AvgIpc) is 3.30. The molecule has 2 saturated carbocycles. The highest BCUT2D eigenvalue weighted by molar-refractivity contribution is 5.27. The highest BCUT2D eigenvalue weighted by Crippen LogP contribution is 2.58. The molecule has 0 saturated heterocycles. The molecule has 0 aromatic heterocycles. The van der Waals surface area contributed by atoms with Crippen molar-refractivity contribution in [1.82, 2.24) is 5.32 Å². The molecule has 0 heterocycles. The van der Waals surface area contributed by atoms with Gasteiger partial charge >= 0.3 is 0 Å². The van der Waals surface area contributed by atoms with Crippen molar-refractivity contribution in [2.75, 3.05) is 6.54 Å². The lowest BCUT2D eigenvalue weighted by Crippen LogP contribution is -2.34. The Morgan fingerprint density at radius 2 is 1.94 bits per heavy atom. The van der Waals surface area contributed by atoms with E-state index in [1.54, 1.807) is 5.56 Å². The SMILES string of the molecule is CCC(C)(CNC1CC1)C1CC1c1ccccc1. The lowest BCUT2D eigenvalue weighted by molar-refractivity contribution is 0.242. The van der Waals surface area contributed by atoms with Gasteiger partial charge in [-0.05, 0) is 48.5 Å². The van der Waals surface area contributed by atoms with Gasteiger partial charge in [-0.2, -0.15) is 0 Å². The van der Waals surface area contributed by atoms with Gasteiger partial charge < -0.3 is 5.32 Å². The van der Waals surface area contributed by atoms with E-state index >= 15 is 0 Å². The number of hydrogen-bond acceptors (Lipinski definition) is 1. The van der Waals surface area contributed by atoms with Crippen LogP contribution in [-0.2, 0) is 0 Å². The molecule has 1 N–H and O–H groups in total. The van der Waals surface area contributed by atoms with Crippen molar-refractivity contribution in [3.8, 4) is 0 Å². The predicted molar refractivity (Wildman–Crippen MR) is 76.7 cm³/mol. The second-order valence-corrected chi connectivity index (χ2v) is 6.52. The first-order valence-electron chi connectivity index (χ1n) is 7.51. The third-order valence-electron chi connectivity index (χ3n) is 5.09. The maximum Gasteiger partial charge on any atom is 0.00684 e. The van der Waals surface area contributed by atoms with Gasteiger partial charge in [0, 0.05) is 12.6 Å². The van der Waals surface area contributed by atoms with E-state index in [1.807, 2.05) is 0 Å². The van der Waals surface area contributed by atoms with E-state index in [2.05, 4.69) is 49.5 Å². The Morgan fingerprint density at radius 3 is 2.56 bits per heavy atom. The van der Waals surface area contributed by atoms with Crippen molar-refractivity contribution in [2.45, 2.75) is 51.5 Å². The van der Waals surface area contributed by atoms with E-state index in [4.69, 9.17) is 0 Å². The molecule has 1 nitrogen and oxygen atoms in total. The van der Waals surface area contributed by atoms with Crippen LogP contribution in [0.5, 0.6) is 0 Å². The minimum absolute atomic E-state index is 0.489. The summed E-state index contributed by atoms with van der Waals surface area (Å²) in [5.74, 6) is 1.70. The molecular weight excluding hydrogens is 218 g/mol. The minimum Gasteiger partial charge on any atom is -0.313 e. The fourth-order valence-electron chi connectivity index (χ4n) is 3.22. The van der Waals surface area contributed by atoms with Gasteiger partial charge in [-0.25, -0.2) is 0 Å². The first kappa shape index (κ1) is 12.2. The van der Waals surface area contributed by atoms with Crippen LogP contribution in [0.15, 0.2) is 30.3 Å². The summed E-state index contributed by atoms with van der Waals surface area (Å²) >= 11 is 0. The van der Waals surface area contributed by atoms with E-state index in [9.17, 15) is 0 Å². The van der Waals surface area contributed by atoms with E-state index < -0.39 is 0 Å². The van der Waals surface area contributed by atoms with Crippen LogP contribution >= 0.6 is 0 Å².